The number of aliphatic carboxylic acids is 1. The molecule has 20 heavy (non-hydrogen) atoms. The number of aryl methyl sites for hydroxylation is 2. The van der Waals surface area contributed by atoms with Crippen LogP contribution in [0.5, 0.6) is 0 Å². The van der Waals surface area contributed by atoms with Crippen LogP contribution in [0.15, 0.2) is 18.2 Å². The summed E-state index contributed by atoms with van der Waals surface area (Å²) in [6.07, 6.45) is -0.175. The van der Waals surface area contributed by atoms with E-state index in [0.29, 0.717) is 6.54 Å². The summed E-state index contributed by atoms with van der Waals surface area (Å²) in [5, 5.41) is 11.2. The number of nitrogens with one attached hydrogen (secondary N) is 1. The molecule has 6 heteroatoms. The minimum atomic E-state index is -0.974. The number of benzene rings is 1. The quantitative estimate of drug-likeness (QED) is 0.863. The fraction of sp³-hybridized carbons (Fsp3) is 0.357. The number of imidazole rings is 1. The Labute approximate surface area is 116 Å². The summed E-state index contributed by atoms with van der Waals surface area (Å²) < 4.78 is 1.92. The van der Waals surface area contributed by atoms with Crippen LogP contribution in [-0.4, -0.2) is 26.5 Å². The van der Waals surface area contributed by atoms with Crippen molar-refractivity contribution in [1.29, 1.82) is 0 Å². The Morgan fingerprint density at radius 1 is 1.35 bits per heavy atom. The van der Waals surface area contributed by atoms with Gasteiger partial charge in [0.05, 0.1) is 24.0 Å². The summed E-state index contributed by atoms with van der Waals surface area (Å²) in [7, 11) is 1.89. The van der Waals surface area contributed by atoms with Crippen LogP contribution in [0.2, 0.25) is 0 Å². The molecule has 2 aromatic rings. The molecule has 0 spiro atoms. The summed E-state index contributed by atoms with van der Waals surface area (Å²) in [5.41, 5.74) is 3.03. The lowest BCUT2D eigenvalue weighted by molar-refractivity contribution is -0.138. The predicted octanol–water partition coefficient (Wildman–Crippen LogP) is 1.36. The Kier molecular flexibility index (Phi) is 4.02. The molecule has 0 unspecified atom stereocenters. The second-order valence-corrected chi connectivity index (χ2v) is 4.75. The highest BCUT2D eigenvalue weighted by Crippen LogP contribution is 2.16. The van der Waals surface area contributed by atoms with E-state index < -0.39 is 5.97 Å². The van der Waals surface area contributed by atoms with Crippen LogP contribution >= 0.6 is 0 Å². The molecule has 2 N–H and O–H groups in total. The molecule has 0 saturated carbocycles. The number of carboxylic acids is 1. The smallest absolute Gasteiger partial charge is 0.303 e. The molecule has 1 aromatic carbocycles. The van der Waals surface area contributed by atoms with E-state index in [2.05, 4.69) is 10.3 Å². The molecule has 2 rings (SSSR count). The van der Waals surface area contributed by atoms with Crippen molar-refractivity contribution in [2.45, 2.75) is 26.3 Å². The predicted molar refractivity (Wildman–Crippen MR) is 74.2 cm³/mol. The van der Waals surface area contributed by atoms with Crippen molar-refractivity contribution in [2.24, 2.45) is 7.05 Å². The zero-order chi connectivity index (χ0) is 14.7. The van der Waals surface area contributed by atoms with Crippen molar-refractivity contribution in [3.8, 4) is 0 Å². The van der Waals surface area contributed by atoms with Crippen molar-refractivity contribution in [3.63, 3.8) is 0 Å². The van der Waals surface area contributed by atoms with Gasteiger partial charge in [-0.1, -0.05) is 6.07 Å². The minimum Gasteiger partial charge on any atom is -0.481 e. The summed E-state index contributed by atoms with van der Waals surface area (Å²) in [5.74, 6) is -0.511. The molecule has 0 fully saturated rings. The Morgan fingerprint density at radius 2 is 2.10 bits per heavy atom. The Hall–Kier alpha value is -2.37. The Bertz CT molecular complexity index is 661. The number of fused-ring (bicyclic) bond motifs is 1. The van der Waals surface area contributed by atoms with Gasteiger partial charge in [-0.3, -0.25) is 9.59 Å². The zero-order valence-corrected chi connectivity index (χ0v) is 11.5. The number of nitrogens with zero attached hydrogens (tertiary/aromatic N) is 2. The molecule has 0 bridgehead atoms. The lowest BCUT2D eigenvalue weighted by Crippen LogP contribution is -2.24. The summed E-state index contributed by atoms with van der Waals surface area (Å²) in [4.78, 5) is 26.3. The van der Waals surface area contributed by atoms with Gasteiger partial charge in [0.25, 0.3) is 0 Å². The molecule has 6 nitrogen and oxygen atoms in total. The second kappa shape index (κ2) is 5.73. The van der Waals surface area contributed by atoms with E-state index in [1.165, 1.54) is 0 Å². The van der Waals surface area contributed by atoms with Gasteiger partial charge in [-0.2, -0.15) is 0 Å². The van der Waals surface area contributed by atoms with Crippen LogP contribution in [0.3, 0.4) is 0 Å². The largest absolute Gasteiger partial charge is 0.481 e. The first kappa shape index (κ1) is 14.0. The molecule has 0 aliphatic rings. The van der Waals surface area contributed by atoms with Crippen LogP contribution in [0.1, 0.15) is 24.2 Å². The van der Waals surface area contributed by atoms with Crippen molar-refractivity contribution in [3.05, 3.63) is 29.6 Å². The number of amides is 1. The first-order valence-electron chi connectivity index (χ1n) is 6.38. The SMILES string of the molecule is Cc1ccc2c(c1)nc(CNC(=O)CCC(=O)O)n2C. The lowest BCUT2D eigenvalue weighted by Gasteiger charge is -2.04. The highest BCUT2D eigenvalue weighted by Gasteiger charge is 2.10. The molecule has 0 atom stereocenters. The summed E-state index contributed by atoms with van der Waals surface area (Å²) in [6, 6.07) is 6.00. The van der Waals surface area contributed by atoms with Crippen molar-refractivity contribution >= 4 is 22.9 Å². The van der Waals surface area contributed by atoms with Crippen molar-refractivity contribution in [2.75, 3.05) is 0 Å². The van der Waals surface area contributed by atoms with Crippen LogP contribution in [0.25, 0.3) is 11.0 Å². The maximum Gasteiger partial charge on any atom is 0.303 e. The van der Waals surface area contributed by atoms with Crippen LogP contribution in [-0.2, 0) is 23.2 Å². The monoisotopic (exact) mass is 275 g/mol. The molecular weight excluding hydrogens is 258 g/mol. The van der Waals surface area contributed by atoms with E-state index in [-0.39, 0.29) is 18.7 Å². The number of carbonyl (C=O) groups excluding carboxylic acids is 1. The fourth-order valence-corrected chi connectivity index (χ4v) is 2.00. The number of aromatic nitrogens is 2. The van der Waals surface area contributed by atoms with E-state index in [9.17, 15) is 9.59 Å². The van der Waals surface area contributed by atoms with Gasteiger partial charge in [0.15, 0.2) is 0 Å². The molecule has 1 aromatic heterocycles. The van der Waals surface area contributed by atoms with Crippen LogP contribution in [0.4, 0.5) is 0 Å². The standard InChI is InChI=1S/C14H17N3O3/c1-9-3-4-11-10(7-9)16-12(17(11)2)8-15-13(18)5-6-14(19)20/h3-4,7H,5-6,8H2,1-2H3,(H,15,18)(H,19,20). The minimum absolute atomic E-state index is 0.0155. The van der Waals surface area contributed by atoms with E-state index in [0.717, 1.165) is 22.4 Å². The molecular formula is C14H17N3O3. The maximum atomic E-state index is 11.5. The van der Waals surface area contributed by atoms with Crippen LogP contribution < -0.4 is 5.32 Å². The zero-order valence-electron chi connectivity index (χ0n) is 11.5. The van der Waals surface area contributed by atoms with Gasteiger partial charge in [-0.15, -0.1) is 0 Å². The number of carbonyl (C=O) groups is 2. The van der Waals surface area contributed by atoms with Gasteiger partial charge in [-0.25, -0.2) is 4.98 Å². The van der Waals surface area contributed by atoms with E-state index >= 15 is 0 Å². The average Bonchev–Trinajstić information content (AvgIpc) is 2.70. The van der Waals surface area contributed by atoms with Gasteiger partial charge < -0.3 is 15.0 Å². The van der Waals surface area contributed by atoms with Crippen molar-refractivity contribution in [1.82, 2.24) is 14.9 Å². The van der Waals surface area contributed by atoms with Crippen LogP contribution in [0, 0.1) is 6.92 Å². The van der Waals surface area contributed by atoms with Gasteiger partial charge in [0, 0.05) is 13.5 Å². The third-order valence-electron chi connectivity index (χ3n) is 3.14. The number of hydrogen-bond donors (Lipinski definition) is 2. The molecule has 0 aliphatic heterocycles. The van der Waals surface area contributed by atoms with E-state index in [4.69, 9.17) is 5.11 Å². The van der Waals surface area contributed by atoms with E-state index in [1.54, 1.807) is 0 Å². The highest BCUT2D eigenvalue weighted by atomic mass is 16.4. The van der Waals surface area contributed by atoms with Crippen molar-refractivity contribution < 1.29 is 14.7 Å². The molecule has 106 valence electrons. The molecule has 1 heterocycles. The third-order valence-corrected chi connectivity index (χ3v) is 3.14. The number of hydrogen-bond acceptors (Lipinski definition) is 3. The summed E-state index contributed by atoms with van der Waals surface area (Å²) >= 11 is 0. The number of carboxylic acid groups (broad SMARTS) is 1. The maximum absolute atomic E-state index is 11.5. The first-order chi connectivity index (χ1) is 9.47. The van der Waals surface area contributed by atoms with E-state index in [1.807, 2.05) is 36.7 Å². The molecule has 0 saturated heterocycles. The topological polar surface area (TPSA) is 84.2 Å². The second-order valence-electron chi connectivity index (χ2n) is 4.75. The van der Waals surface area contributed by atoms with Gasteiger partial charge in [0.1, 0.15) is 5.82 Å². The third kappa shape index (κ3) is 3.14. The summed E-state index contributed by atoms with van der Waals surface area (Å²) in [6.45, 7) is 2.30. The molecule has 1 amide bonds. The normalized spacial score (nSPS) is 10.7. The fourth-order valence-electron chi connectivity index (χ4n) is 2.00. The number of rotatable bonds is 5. The average molecular weight is 275 g/mol. The lowest BCUT2D eigenvalue weighted by atomic mass is 10.2. The molecule has 0 radical (unpaired) electrons. The van der Waals surface area contributed by atoms with Gasteiger partial charge in [-0.05, 0) is 24.6 Å². The van der Waals surface area contributed by atoms with Gasteiger partial charge >= 0.3 is 5.97 Å². The Balaban J connectivity index is 2.05. The highest BCUT2D eigenvalue weighted by molar-refractivity contribution is 5.81. The Morgan fingerprint density at radius 3 is 2.80 bits per heavy atom. The first-order valence-corrected chi connectivity index (χ1v) is 6.38. The van der Waals surface area contributed by atoms with Gasteiger partial charge in [0.2, 0.25) is 5.91 Å². The molecule has 0 aliphatic carbocycles.